The monoisotopic (exact) mass is 492 g/mol. The molecule has 0 unspecified atom stereocenters. The summed E-state index contributed by atoms with van der Waals surface area (Å²) in [6.45, 7) is 4.75. The van der Waals surface area contributed by atoms with Gasteiger partial charge in [-0.2, -0.15) is 0 Å². The van der Waals surface area contributed by atoms with Gasteiger partial charge in [0.15, 0.2) is 0 Å². The maximum atomic E-state index is 14.2. The summed E-state index contributed by atoms with van der Waals surface area (Å²) < 4.78 is 53.5. The molecule has 10 heteroatoms. The number of aryl methyl sites for hydroxylation is 1. The lowest BCUT2D eigenvalue weighted by atomic mass is 10.1. The number of aromatic nitrogens is 1. The molecule has 0 atom stereocenters. The van der Waals surface area contributed by atoms with Gasteiger partial charge in [-0.05, 0) is 42.3 Å². The molecule has 0 saturated carbocycles. The van der Waals surface area contributed by atoms with Gasteiger partial charge in [0.05, 0.1) is 0 Å². The largest absolute Gasteiger partial charge is 0.487 e. The lowest BCUT2D eigenvalue weighted by Gasteiger charge is -2.16. The van der Waals surface area contributed by atoms with Crippen molar-refractivity contribution in [2.45, 2.75) is 20.1 Å². The second-order valence-corrected chi connectivity index (χ2v) is 7.50. The van der Waals surface area contributed by atoms with Crippen LogP contribution in [0.5, 0.6) is 5.75 Å². The molecule has 3 rings (SSSR count). The molecule has 0 aliphatic rings. The Bertz CT molecular complexity index is 1270. The van der Waals surface area contributed by atoms with Crippen LogP contribution in [0.25, 0.3) is 5.69 Å². The normalized spacial score (nSPS) is 10.6. The Hall–Kier alpha value is -3.72. The molecule has 0 bridgehead atoms. The van der Waals surface area contributed by atoms with E-state index in [0.717, 1.165) is 16.7 Å². The topological polar surface area (TPSA) is 69.6 Å². The highest BCUT2D eigenvalue weighted by Gasteiger charge is 2.19. The van der Waals surface area contributed by atoms with Gasteiger partial charge in [-0.25, -0.2) is 18.0 Å². The summed E-state index contributed by atoms with van der Waals surface area (Å²) in [6, 6.07) is 8.49. The van der Waals surface area contributed by atoms with Gasteiger partial charge in [0, 0.05) is 18.3 Å². The fourth-order valence-corrected chi connectivity index (χ4v) is 3.37. The van der Waals surface area contributed by atoms with Crippen LogP contribution in [0.1, 0.15) is 16.8 Å². The zero-order valence-electron chi connectivity index (χ0n) is 18.0. The van der Waals surface area contributed by atoms with Crippen molar-refractivity contribution in [2.24, 2.45) is 0 Å². The maximum absolute atomic E-state index is 14.2. The molecule has 0 spiro atoms. The van der Waals surface area contributed by atoms with Gasteiger partial charge in [0.2, 0.25) is 0 Å². The first-order chi connectivity index (χ1) is 16.2. The fourth-order valence-electron chi connectivity index (χ4n) is 3.18. The Balaban J connectivity index is 1.85. The molecule has 6 nitrogen and oxygen atoms in total. The van der Waals surface area contributed by atoms with Crippen LogP contribution in [0.3, 0.4) is 0 Å². The third kappa shape index (κ3) is 5.60. The number of amides is 1. The molecular formula is C24H20ClF3N2O4. The van der Waals surface area contributed by atoms with Crippen molar-refractivity contribution in [1.82, 2.24) is 9.88 Å². The third-order valence-electron chi connectivity index (χ3n) is 4.77. The van der Waals surface area contributed by atoms with Crippen molar-refractivity contribution in [3.63, 3.8) is 0 Å². The van der Waals surface area contributed by atoms with Gasteiger partial charge >= 0.3 is 6.09 Å². The first kappa shape index (κ1) is 24.9. The number of nitrogens with one attached hydrogen (secondary N) is 1. The lowest BCUT2D eigenvalue weighted by Crippen LogP contribution is -2.25. The van der Waals surface area contributed by atoms with Crippen LogP contribution >= 0.6 is 11.6 Å². The molecule has 1 aromatic heterocycles. The Morgan fingerprint density at radius 2 is 1.85 bits per heavy atom. The molecule has 0 aliphatic carbocycles. The van der Waals surface area contributed by atoms with Crippen LogP contribution in [0, 0.1) is 24.4 Å². The van der Waals surface area contributed by atoms with E-state index in [2.05, 4.69) is 11.9 Å². The summed E-state index contributed by atoms with van der Waals surface area (Å²) in [5.74, 6) is -2.40. The average molecular weight is 493 g/mol. The molecule has 1 heterocycles. The number of carbonyl (C=O) groups excluding carboxylic acids is 1. The minimum absolute atomic E-state index is 0.0190. The number of benzene rings is 2. The predicted molar refractivity (Wildman–Crippen MR) is 121 cm³/mol. The summed E-state index contributed by atoms with van der Waals surface area (Å²) >= 11 is 6.16. The zero-order chi connectivity index (χ0) is 24.8. The van der Waals surface area contributed by atoms with E-state index in [4.69, 9.17) is 21.1 Å². The van der Waals surface area contributed by atoms with E-state index in [1.165, 1.54) is 43.3 Å². The SMILES string of the molecule is C=CCOC(=O)NCc1cc(F)ccc1COc1cc(C)n(-c2c(F)cccc2F)c(=O)c1Cl. The minimum Gasteiger partial charge on any atom is -0.487 e. The van der Waals surface area contributed by atoms with E-state index >= 15 is 0 Å². The second kappa shape index (κ2) is 10.9. The average Bonchev–Trinajstić information content (AvgIpc) is 2.80. The van der Waals surface area contributed by atoms with Crippen LogP contribution in [0.4, 0.5) is 18.0 Å². The summed E-state index contributed by atoms with van der Waals surface area (Å²) in [6.07, 6.45) is 0.694. The second-order valence-electron chi connectivity index (χ2n) is 7.12. The molecule has 1 amide bonds. The smallest absolute Gasteiger partial charge is 0.407 e. The van der Waals surface area contributed by atoms with Crippen molar-refractivity contribution >= 4 is 17.7 Å². The van der Waals surface area contributed by atoms with E-state index in [-0.39, 0.29) is 36.2 Å². The van der Waals surface area contributed by atoms with Gasteiger partial charge in [-0.1, -0.05) is 36.4 Å². The Kier molecular flexibility index (Phi) is 8.01. The molecule has 0 aliphatic heterocycles. The molecule has 0 saturated heterocycles. The van der Waals surface area contributed by atoms with E-state index < -0.39 is 34.8 Å². The Labute approximate surface area is 198 Å². The number of rotatable bonds is 8. The van der Waals surface area contributed by atoms with Crippen molar-refractivity contribution in [3.05, 3.63) is 105 Å². The number of alkyl carbamates (subject to hydrolysis) is 1. The minimum atomic E-state index is -0.926. The first-order valence-corrected chi connectivity index (χ1v) is 10.4. The first-order valence-electron chi connectivity index (χ1n) is 10.0. The number of ether oxygens (including phenoxy) is 2. The number of carbonyl (C=O) groups is 1. The standard InChI is InChI=1S/C24H20ClF3N2O4/c1-3-9-33-24(32)29-12-16-11-17(26)8-7-15(16)13-34-20-10-14(2)30(23(31)21(20)25)22-18(27)5-4-6-19(22)28/h3-8,10-11H,1,9,12-13H2,2H3,(H,29,32). The quantitative estimate of drug-likeness (QED) is 0.438. The van der Waals surface area contributed by atoms with Gasteiger partial charge in [0.25, 0.3) is 5.56 Å². The maximum Gasteiger partial charge on any atom is 0.407 e. The van der Waals surface area contributed by atoms with Gasteiger partial charge < -0.3 is 14.8 Å². The highest BCUT2D eigenvalue weighted by Crippen LogP contribution is 2.27. The fraction of sp³-hybridized carbons (Fsp3) is 0.167. The molecular weight excluding hydrogens is 473 g/mol. The van der Waals surface area contributed by atoms with Crippen molar-refractivity contribution < 1.29 is 27.4 Å². The van der Waals surface area contributed by atoms with Crippen molar-refractivity contribution in [1.29, 1.82) is 0 Å². The van der Waals surface area contributed by atoms with Gasteiger partial charge in [0.1, 0.15) is 47.1 Å². The molecule has 34 heavy (non-hydrogen) atoms. The number of halogens is 4. The van der Waals surface area contributed by atoms with E-state index in [0.29, 0.717) is 11.1 Å². The zero-order valence-corrected chi connectivity index (χ0v) is 18.8. The molecule has 0 radical (unpaired) electrons. The van der Waals surface area contributed by atoms with E-state index in [1.54, 1.807) is 0 Å². The van der Waals surface area contributed by atoms with E-state index in [1.807, 2.05) is 0 Å². The summed E-state index contributed by atoms with van der Waals surface area (Å²) in [5, 5.41) is 2.10. The molecule has 3 aromatic rings. The van der Waals surface area contributed by atoms with Crippen LogP contribution in [-0.2, 0) is 17.9 Å². The highest BCUT2D eigenvalue weighted by molar-refractivity contribution is 6.31. The molecule has 178 valence electrons. The van der Waals surface area contributed by atoms with Crippen molar-refractivity contribution in [2.75, 3.05) is 6.61 Å². The molecule has 0 fully saturated rings. The van der Waals surface area contributed by atoms with Crippen LogP contribution in [-0.4, -0.2) is 17.3 Å². The van der Waals surface area contributed by atoms with Crippen LogP contribution in [0.15, 0.2) is 59.9 Å². The lowest BCUT2D eigenvalue weighted by molar-refractivity contribution is 0.157. The number of pyridine rings is 1. The van der Waals surface area contributed by atoms with Crippen molar-refractivity contribution in [3.8, 4) is 11.4 Å². The predicted octanol–water partition coefficient (Wildman–Crippen LogP) is 5.21. The summed E-state index contributed by atoms with van der Waals surface area (Å²) in [7, 11) is 0. The Morgan fingerprint density at radius 1 is 1.15 bits per heavy atom. The Morgan fingerprint density at radius 3 is 2.53 bits per heavy atom. The number of para-hydroxylation sites is 1. The number of nitrogens with zero attached hydrogens (tertiary/aromatic N) is 1. The molecule has 2 aromatic carbocycles. The van der Waals surface area contributed by atoms with E-state index in [9.17, 15) is 22.8 Å². The van der Waals surface area contributed by atoms with Gasteiger partial charge in [-0.15, -0.1) is 0 Å². The third-order valence-corrected chi connectivity index (χ3v) is 5.12. The van der Waals surface area contributed by atoms with Crippen LogP contribution < -0.4 is 15.6 Å². The van der Waals surface area contributed by atoms with Gasteiger partial charge in [-0.3, -0.25) is 9.36 Å². The number of hydrogen-bond donors (Lipinski definition) is 1. The van der Waals surface area contributed by atoms with Crippen LogP contribution in [0.2, 0.25) is 5.02 Å². The summed E-state index contributed by atoms with van der Waals surface area (Å²) in [4.78, 5) is 24.5. The summed E-state index contributed by atoms with van der Waals surface area (Å²) in [5.41, 5.74) is -0.326. The number of hydrogen-bond acceptors (Lipinski definition) is 4. The molecule has 1 N–H and O–H groups in total. The highest BCUT2D eigenvalue weighted by atomic mass is 35.5.